The molecule has 1 heterocycles. The Bertz CT molecular complexity index is 766. The average Bonchev–Trinajstić information content (AvgIpc) is 3.07. The Morgan fingerprint density at radius 3 is 2.43 bits per heavy atom. The van der Waals surface area contributed by atoms with E-state index >= 15 is 0 Å². The summed E-state index contributed by atoms with van der Waals surface area (Å²) < 4.78 is 22.7. The number of amides is 1. The van der Waals surface area contributed by atoms with E-state index in [0.717, 1.165) is 36.6 Å². The molecule has 1 fully saturated rings. The average molecular weight is 522 g/mol. The highest BCUT2D eigenvalue weighted by Crippen LogP contribution is 2.11. The topological polar surface area (TPSA) is 90.9 Å². The first kappa shape index (κ1) is 24.7. The Morgan fingerprint density at radius 2 is 1.86 bits per heavy atom. The molecule has 0 radical (unpaired) electrons. The van der Waals surface area contributed by atoms with Crippen molar-refractivity contribution in [2.75, 3.05) is 25.9 Å². The van der Waals surface area contributed by atoms with Crippen molar-refractivity contribution >= 4 is 45.7 Å². The lowest BCUT2D eigenvalue weighted by Crippen LogP contribution is -2.45. The largest absolute Gasteiger partial charge is 0.357 e. The Kier molecular flexibility index (Phi) is 10.2. The number of halogens is 1. The van der Waals surface area contributed by atoms with Crippen LogP contribution in [0.5, 0.6) is 0 Å². The third-order valence-corrected chi connectivity index (χ3v) is 5.26. The molecule has 0 saturated carbocycles. The molecule has 0 aromatic heterocycles. The van der Waals surface area contributed by atoms with Crippen molar-refractivity contribution in [2.24, 2.45) is 4.99 Å². The first-order chi connectivity index (χ1) is 12.8. The van der Waals surface area contributed by atoms with Gasteiger partial charge in [0.05, 0.1) is 12.3 Å². The lowest BCUT2D eigenvalue weighted by Gasteiger charge is -2.18. The zero-order chi connectivity index (χ0) is 19.9. The summed E-state index contributed by atoms with van der Waals surface area (Å²) in [5, 5.41) is 6.64. The Hall–Kier alpha value is -1.36. The van der Waals surface area contributed by atoms with Gasteiger partial charge in [-0.25, -0.2) is 13.4 Å². The molecule has 7 nitrogen and oxygen atoms in total. The highest BCUT2D eigenvalue weighted by Gasteiger charge is 2.25. The fraction of sp³-hybridized carbons (Fsp3) is 0.579. The summed E-state index contributed by atoms with van der Waals surface area (Å²) in [7, 11) is -3.02. The molecule has 1 aromatic carbocycles. The summed E-state index contributed by atoms with van der Waals surface area (Å²) in [6.07, 6.45) is 2.68. The van der Waals surface area contributed by atoms with Crippen molar-refractivity contribution in [1.29, 1.82) is 0 Å². The molecule has 1 aliphatic rings. The van der Waals surface area contributed by atoms with Crippen LogP contribution in [0.15, 0.2) is 29.3 Å². The van der Waals surface area contributed by atoms with Gasteiger partial charge in [-0.1, -0.05) is 31.2 Å². The van der Waals surface area contributed by atoms with E-state index in [1.807, 2.05) is 43.0 Å². The minimum Gasteiger partial charge on any atom is -0.357 e. The molecular weight excluding hydrogens is 491 g/mol. The van der Waals surface area contributed by atoms with Crippen LogP contribution in [-0.4, -0.2) is 57.1 Å². The van der Waals surface area contributed by atoms with Gasteiger partial charge >= 0.3 is 0 Å². The summed E-state index contributed by atoms with van der Waals surface area (Å²) in [6, 6.07) is 7.68. The van der Waals surface area contributed by atoms with Gasteiger partial charge in [0.1, 0.15) is 0 Å². The summed E-state index contributed by atoms with van der Waals surface area (Å²) in [4.78, 5) is 18.3. The number of likely N-dealkylation sites (tertiary alicyclic amines) is 1. The smallest absolute Gasteiger partial charge is 0.222 e. The van der Waals surface area contributed by atoms with Gasteiger partial charge in [0.2, 0.25) is 5.91 Å². The molecule has 1 amide bonds. The molecule has 1 unspecified atom stereocenters. The molecule has 0 aliphatic carbocycles. The normalized spacial score (nSPS) is 17.2. The molecule has 1 saturated heterocycles. The maximum atomic E-state index is 11.8. The second kappa shape index (κ2) is 11.6. The molecule has 2 N–H and O–H groups in total. The maximum absolute atomic E-state index is 11.8. The molecule has 2 rings (SSSR count). The van der Waals surface area contributed by atoms with E-state index in [9.17, 15) is 13.2 Å². The van der Waals surface area contributed by atoms with Crippen LogP contribution >= 0.6 is 24.0 Å². The molecule has 28 heavy (non-hydrogen) atoms. The highest BCUT2D eigenvalue weighted by atomic mass is 127. The lowest BCUT2D eigenvalue weighted by molar-refractivity contribution is -0.129. The summed E-state index contributed by atoms with van der Waals surface area (Å²) in [5.74, 6) is 0.971. The minimum absolute atomic E-state index is 0. The molecule has 0 bridgehead atoms. The Balaban J connectivity index is 0.00000392. The molecule has 158 valence electrons. The second-order valence-electron chi connectivity index (χ2n) is 6.90. The highest BCUT2D eigenvalue weighted by molar-refractivity contribution is 14.0. The summed E-state index contributed by atoms with van der Waals surface area (Å²) in [6.45, 7) is 6.64. The zero-order valence-corrected chi connectivity index (χ0v) is 19.9. The number of aliphatic imine (C=N–C) groups is 1. The first-order valence-electron chi connectivity index (χ1n) is 9.39. The van der Waals surface area contributed by atoms with Crippen molar-refractivity contribution in [3.8, 4) is 0 Å². The third-order valence-electron chi connectivity index (χ3n) is 4.40. The maximum Gasteiger partial charge on any atom is 0.222 e. The van der Waals surface area contributed by atoms with E-state index in [4.69, 9.17) is 0 Å². The number of carbonyl (C=O) groups is 1. The number of sulfone groups is 1. The number of rotatable bonds is 7. The molecule has 0 spiro atoms. The minimum atomic E-state index is -3.02. The molecule has 1 atom stereocenters. The van der Waals surface area contributed by atoms with Crippen LogP contribution in [0, 0.1) is 0 Å². The van der Waals surface area contributed by atoms with Gasteiger partial charge in [0.15, 0.2) is 15.8 Å². The standard InChI is InChI=1S/C19H30N4O3S.HI/c1-4-18(24)23-11-10-17(13-23)22-19(20-5-2)21-12-15-6-8-16(9-7-15)14-27(3,25)26;/h6-9,17H,4-5,10-14H2,1-3H3,(H2,20,21,22);1H. The zero-order valence-electron chi connectivity index (χ0n) is 16.8. The van der Waals surface area contributed by atoms with Gasteiger partial charge in [0.25, 0.3) is 0 Å². The number of benzene rings is 1. The van der Waals surface area contributed by atoms with E-state index in [2.05, 4.69) is 15.6 Å². The number of hydrogen-bond acceptors (Lipinski definition) is 4. The van der Waals surface area contributed by atoms with Crippen LogP contribution in [0.4, 0.5) is 0 Å². The molecule has 1 aromatic rings. The quantitative estimate of drug-likeness (QED) is 0.325. The van der Waals surface area contributed by atoms with Crippen molar-refractivity contribution < 1.29 is 13.2 Å². The SMILES string of the molecule is CCNC(=NCc1ccc(CS(C)(=O)=O)cc1)NC1CCN(C(=O)CC)C1.I. The van der Waals surface area contributed by atoms with E-state index in [-0.39, 0.29) is 41.7 Å². The van der Waals surface area contributed by atoms with Gasteiger partial charge in [-0.2, -0.15) is 0 Å². The van der Waals surface area contributed by atoms with E-state index in [0.29, 0.717) is 19.5 Å². The predicted octanol–water partition coefficient (Wildman–Crippen LogP) is 1.92. The summed E-state index contributed by atoms with van der Waals surface area (Å²) >= 11 is 0. The van der Waals surface area contributed by atoms with Crippen LogP contribution in [0.25, 0.3) is 0 Å². The monoisotopic (exact) mass is 522 g/mol. The molecular formula is C19H31IN4O3S. The fourth-order valence-electron chi connectivity index (χ4n) is 3.06. The second-order valence-corrected chi connectivity index (χ2v) is 9.05. The van der Waals surface area contributed by atoms with Gasteiger partial charge < -0.3 is 15.5 Å². The van der Waals surface area contributed by atoms with E-state index in [1.165, 1.54) is 6.26 Å². The van der Waals surface area contributed by atoms with Gasteiger partial charge in [-0.3, -0.25) is 4.79 Å². The number of nitrogens with zero attached hydrogens (tertiary/aromatic N) is 2. The van der Waals surface area contributed by atoms with Crippen molar-refractivity contribution in [3.63, 3.8) is 0 Å². The fourth-order valence-corrected chi connectivity index (χ4v) is 3.85. The van der Waals surface area contributed by atoms with Crippen LogP contribution in [-0.2, 0) is 26.9 Å². The van der Waals surface area contributed by atoms with Crippen LogP contribution < -0.4 is 10.6 Å². The van der Waals surface area contributed by atoms with Gasteiger partial charge in [-0.15, -0.1) is 24.0 Å². The Labute approximate surface area is 185 Å². The number of hydrogen-bond donors (Lipinski definition) is 2. The number of carbonyl (C=O) groups excluding carboxylic acids is 1. The molecule has 9 heteroatoms. The Morgan fingerprint density at radius 1 is 1.21 bits per heavy atom. The first-order valence-corrected chi connectivity index (χ1v) is 11.4. The van der Waals surface area contributed by atoms with E-state index < -0.39 is 9.84 Å². The predicted molar refractivity (Wildman–Crippen MR) is 124 cm³/mol. The number of nitrogens with one attached hydrogen (secondary N) is 2. The van der Waals surface area contributed by atoms with Crippen molar-refractivity contribution in [3.05, 3.63) is 35.4 Å². The van der Waals surface area contributed by atoms with Gasteiger partial charge in [0, 0.05) is 38.4 Å². The number of guanidine groups is 1. The van der Waals surface area contributed by atoms with Crippen molar-refractivity contribution in [1.82, 2.24) is 15.5 Å². The molecule has 1 aliphatic heterocycles. The summed E-state index contributed by atoms with van der Waals surface area (Å²) in [5.41, 5.74) is 1.79. The van der Waals surface area contributed by atoms with Crippen LogP contribution in [0.1, 0.15) is 37.8 Å². The van der Waals surface area contributed by atoms with Crippen molar-refractivity contribution in [2.45, 2.75) is 45.0 Å². The van der Waals surface area contributed by atoms with Crippen LogP contribution in [0.3, 0.4) is 0 Å². The lowest BCUT2D eigenvalue weighted by atomic mass is 10.1. The van der Waals surface area contributed by atoms with Crippen LogP contribution in [0.2, 0.25) is 0 Å². The van der Waals surface area contributed by atoms with Gasteiger partial charge in [-0.05, 0) is 24.5 Å². The van der Waals surface area contributed by atoms with E-state index in [1.54, 1.807) is 0 Å². The third kappa shape index (κ3) is 8.34.